The van der Waals surface area contributed by atoms with Gasteiger partial charge in [-0.25, -0.2) is 4.98 Å². The van der Waals surface area contributed by atoms with Crippen LogP contribution in [0.2, 0.25) is 0 Å². The van der Waals surface area contributed by atoms with E-state index in [1.807, 2.05) is 23.1 Å². The number of rotatable bonds is 4. The number of aromatic amines is 1. The monoisotopic (exact) mass is 322 g/mol. The first kappa shape index (κ1) is 15.0. The smallest absolute Gasteiger partial charge is 0.256 e. The lowest BCUT2D eigenvalue weighted by atomic mass is 10.0. The molecule has 1 aliphatic rings. The number of nitrogens with zero attached hydrogens (tertiary/aromatic N) is 3. The molecule has 5 nitrogen and oxygen atoms in total. The molecule has 0 unspecified atom stereocenters. The van der Waals surface area contributed by atoms with Gasteiger partial charge in [-0.1, -0.05) is 31.5 Å². The van der Waals surface area contributed by atoms with Gasteiger partial charge < -0.3 is 14.5 Å². The molecule has 5 heteroatoms. The van der Waals surface area contributed by atoms with Gasteiger partial charge in [-0.05, 0) is 12.5 Å². The van der Waals surface area contributed by atoms with Crippen LogP contribution in [0.4, 0.5) is 0 Å². The Morgan fingerprint density at radius 1 is 1.29 bits per heavy atom. The molecule has 2 aromatic heterocycles. The highest BCUT2D eigenvalue weighted by molar-refractivity contribution is 6.09. The van der Waals surface area contributed by atoms with Crippen molar-refractivity contribution in [3.63, 3.8) is 0 Å². The predicted octanol–water partition coefficient (Wildman–Crippen LogP) is 3.05. The highest BCUT2D eigenvalue weighted by Crippen LogP contribution is 2.30. The maximum Gasteiger partial charge on any atom is 0.256 e. The Bertz CT molecular complexity index is 905. The number of carbonyl (C=O) groups is 1. The molecule has 0 saturated carbocycles. The van der Waals surface area contributed by atoms with Crippen molar-refractivity contribution in [2.45, 2.75) is 32.7 Å². The van der Waals surface area contributed by atoms with Gasteiger partial charge in [0, 0.05) is 36.6 Å². The molecule has 3 heterocycles. The number of H-pyrrole nitrogens is 1. The molecule has 3 aromatic rings. The minimum Gasteiger partial charge on any atom is -0.347 e. The highest BCUT2D eigenvalue weighted by Gasteiger charge is 2.30. The molecule has 0 spiro atoms. The first-order valence-electron chi connectivity index (χ1n) is 8.57. The molecular weight excluding hydrogens is 300 g/mol. The molecule has 0 aliphatic carbocycles. The molecule has 0 fully saturated rings. The van der Waals surface area contributed by atoms with Crippen molar-refractivity contribution in [3.05, 3.63) is 53.2 Å². The fourth-order valence-electron chi connectivity index (χ4n) is 3.76. The van der Waals surface area contributed by atoms with Crippen LogP contribution in [-0.2, 0) is 26.4 Å². The first-order valence-corrected chi connectivity index (χ1v) is 8.57. The van der Waals surface area contributed by atoms with Crippen molar-refractivity contribution in [2.24, 2.45) is 7.05 Å². The number of fused-ring (bicyclic) bond motifs is 3. The summed E-state index contributed by atoms with van der Waals surface area (Å²) in [7, 11) is 2.05. The van der Waals surface area contributed by atoms with E-state index in [0.717, 1.165) is 59.4 Å². The van der Waals surface area contributed by atoms with E-state index in [-0.39, 0.29) is 5.91 Å². The van der Waals surface area contributed by atoms with Crippen LogP contribution in [0.1, 0.15) is 40.8 Å². The summed E-state index contributed by atoms with van der Waals surface area (Å²) >= 11 is 0. The number of nitrogens with one attached hydrogen (secondary N) is 1. The average molecular weight is 322 g/mol. The SMILES string of the molecule is CCCc1nc[nH]c1CN1CCc2c(c3ccccc3n2C)C1=O. The average Bonchev–Trinajstić information content (AvgIpc) is 3.14. The Hall–Kier alpha value is -2.56. The van der Waals surface area contributed by atoms with Gasteiger partial charge in [0.2, 0.25) is 0 Å². The maximum atomic E-state index is 13.1. The summed E-state index contributed by atoms with van der Waals surface area (Å²) in [6.45, 7) is 3.50. The molecule has 0 radical (unpaired) electrons. The van der Waals surface area contributed by atoms with Gasteiger partial charge in [-0.15, -0.1) is 0 Å². The lowest BCUT2D eigenvalue weighted by Gasteiger charge is -2.27. The molecule has 4 rings (SSSR count). The van der Waals surface area contributed by atoms with Crippen LogP contribution in [0.25, 0.3) is 10.9 Å². The normalized spacial score (nSPS) is 14.4. The second-order valence-electron chi connectivity index (χ2n) is 6.45. The molecule has 1 amide bonds. The van der Waals surface area contributed by atoms with Crippen LogP contribution in [0.15, 0.2) is 30.6 Å². The van der Waals surface area contributed by atoms with E-state index in [2.05, 4.69) is 34.6 Å². The largest absolute Gasteiger partial charge is 0.347 e. The summed E-state index contributed by atoms with van der Waals surface area (Å²) < 4.78 is 2.17. The molecule has 1 aliphatic heterocycles. The fourth-order valence-corrected chi connectivity index (χ4v) is 3.76. The molecule has 24 heavy (non-hydrogen) atoms. The number of carbonyl (C=O) groups excluding carboxylic acids is 1. The minimum atomic E-state index is 0.130. The zero-order valence-corrected chi connectivity index (χ0v) is 14.2. The van der Waals surface area contributed by atoms with E-state index >= 15 is 0 Å². The van der Waals surface area contributed by atoms with Gasteiger partial charge in [-0.3, -0.25) is 4.79 Å². The van der Waals surface area contributed by atoms with Crippen LogP contribution in [0.3, 0.4) is 0 Å². The zero-order valence-electron chi connectivity index (χ0n) is 14.2. The number of imidazole rings is 1. The minimum absolute atomic E-state index is 0.130. The Kier molecular flexibility index (Phi) is 3.63. The van der Waals surface area contributed by atoms with Crippen molar-refractivity contribution in [2.75, 3.05) is 6.54 Å². The van der Waals surface area contributed by atoms with E-state index in [9.17, 15) is 4.79 Å². The Morgan fingerprint density at radius 3 is 2.96 bits per heavy atom. The van der Waals surface area contributed by atoms with E-state index in [4.69, 9.17) is 0 Å². The van der Waals surface area contributed by atoms with Gasteiger partial charge in [0.15, 0.2) is 0 Å². The van der Waals surface area contributed by atoms with Gasteiger partial charge in [0.1, 0.15) is 0 Å². The molecule has 124 valence electrons. The Balaban J connectivity index is 1.69. The van der Waals surface area contributed by atoms with Gasteiger partial charge >= 0.3 is 0 Å². The number of hydrogen-bond donors (Lipinski definition) is 1. The van der Waals surface area contributed by atoms with Crippen LogP contribution in [0, 0.1) is 0 Å². The summed E-state index contributed by atoms with van der Waals surface area (Å²) in [5, 5.41) is 1.06. The highest BCUT2D eigenvalue weighted by atomic mass is 16.2. The van der Waals surface area contributed by atoms with Crippen molar-refractivity contribution >= 4 is 16.8 Å². The number of amides is 1. The molecule has 0 bridgehead atoms. The van der Waals surface area contributed by atoms with Crippen LogP contribution in [-0.4, -0.2) is 31.9 Å². The fraction of sp³-hybridized carbons (Fsp3) is 0.368. The van der Waals surface area contributed by atoms with Gasteiger partial charge in [-0.2, -0.15) is 0 Å². The molecular formula is C19H22N4O. The van der Waals surface area contributed by atoms with Crippen LogP contribution >= 0.6 is 0 Å². The summed E-state index contributed by atoms with van der Waals surface area (Å²) in [4.78, 5) is 22.7. The van der Waals surface area contributed by atoms with Crippen molar-refractivity contribution in [1.29, 1.82) is 0 Å². The summed E-state index contributed by atoms with van der Waals surface area (Å²) in [5.41, 5.74) is 5.29. The predicted molar refractivity (Wildman–Crippen MR) is 93.9 cm³/mol. The second-order valence-corrected chi connectivity index (χ2v) is 6.45. The molecule has 1 aromatic carbocycles. The topological polar surface area (TPSA) is 53.9 Å². The third-order valence-corrected chi connectivity index (χ3v) is 4.99. The Morgan fingerprint density at radius 2 is 2.12 bits per heavy atom. The van der Waals surface area contributed by atoms with Crippen LogP contribution < -0.4 is 0 Å². The lowest BCUT2D eigenvalue weighted by molar-refractivity contribution is 0.0725. The maximum absolute atomic E-state index is 13.1. The number of aromatic nitrogens is 3. The van der Waals surface area contributed by atoms with E-state index in [1.54, 1.807) is 6.33 Å². The van der Waals surface area contributed by atoms with Crippen molar-refractivity contribution in [1.82, 2.24) is 19.4 Å². The second kappa shape index (κ2) is 5.82. The third kappa shape index (κ3) is 2.23. The quantitative estimate of drug-likeness (QED) is 0.802. The lowest BCUT2D eigenvalue weighted by Crippen LogP contribution is -2.37. The summed E-state index contributed by atoms with van der Waals surface area (Å²) in [6.07, 6.45) is 4.63. The first-order chi connectivity index (χ1) is 11.7. The number of benzene rings is 1. The Labute approximate surface area is 141 Å². The van der Waals surface area contributed by atoms with E-state index < -0.39 is 0 Å². The number of hydrogen-bond acceptors (Lipinski definition) is 2. The number of aryl methyl sites for hydroxylation is 2. The zero-order chi connectivity index (χ0) is 16.7. The van der Waals surface area contributed by atoms with Crippen molar-refractivity contribution in [3.8, 4) is 0 Å². The standard InChI is InChI=1S/C19H22N4O/c1-3-6-14-15(21-12-20-14)11-23-10-9-17-18(19(23)24)13-7-4-5-8-16(13)22(17)2/h4-5,7-8,12H,3,6,9-11H2,1-2H3,(H,20,21). The van der Waals surface area contributed by atoms with Gasteiger partial charge in [0.25, 0.3) is 5.91 Å². The molecule has 1 N–H and O–H groups in total. The molecule has 0 atom stereocenters. The molecule has 0 saturated heterocycles. The third-order valence-electron chi connectivity index (χ3n) is 4.99. The van der Waals surface area contributed by atoms with E-state index in [1.165, 1.54) is 0 Å². The summed E-state index contributed by atoms with van der Waals surface area (Å²) in [5.74, 6) is 0.130. The van der Waals surface area contributed by atoms with Gasteiger partial charge in [0.05, 0.1) is 29.8 Å². The summed E-state index contributed by atoms with van der Waals surface area (Å²) in [6, 6.07) is 8.16. The van der Waals surface area contributed by atoms with Crippen LogP contribution in [0.5, 0.6) is 0 Å². The van der Waals surface area contributed by atoms with Crippen molar-refractivity contribution < 1.29 is 4.79 Å². The van der Waals surface area contributed by atoms with E-state index in [0.29, 0.717) is 6.54 Å². The number of para-hydroxylation sites is 1.